The highest BCUT2D eigenvalue weighted by molar-refractivity contribution is 7.97. The Morgan fingerprint density at radius 2 is 1.90 bits per heavy atom. The molecule has 0 aliphatic carbocycles. The van der Waals surface area contributed by atoms with Gasteiger partial charge in [-0.1, -0.05) is 0 Å². The molecule has 3 rings (SSSR count). The van der Waals surface area contributed by atoms with Gasteiger partial charge < -0.3 is 10.3 Å². The summed E-state index contributed by atoms with van der Waals surface area (Å²) in [6.45, 7) is 1.72. The van der Waals surface area contributed by atoms with Gasteiger partial charge in [-0.15, -0.1) is 0 Å². The average molecular weight is 447 g/mol. The van der Waals surface area contributed by atoms with Gasteiger partial charge in [0, 0.05) is 23.6 Å². The van der Waals surface area contributed by atoms with Crippen LogP contribution < -0.4 is 15.6 Å². The Labute approximate surface area is 176 Å². The van der Waals surface area contributed by atoms with Crippen LogP contribution in [0.3, 0.4) is 0 Å². The van der Waals surface area contributed by atoms with Crippen LogP contribution in [0.2, 0.25) is 0 Å². The highest BCUT2D eigenvalue weighted by Gasteiger charge is 2.16. The van der Waals surface area contributed by atoms with Gasteiger partial charge in [0.05, 0.1) is 10.6 Å². The fourth-order valence-corrected chi connectivity index (χ4v) is 3.78. The molecule has 2 aromatic heterocycles. The standard InChI is InChI=1S/C18H18N6O4S2/c1-11-7-8-19-18(20-11)24-30(27,28)13-5-3-12(4-6-13)21-17(26)14-9-16(25)23-15(22-14)10-29-2/h3-9H,10H2,1-2H3,(H,21,26)(H,19,20,24)(H,22,23,25). The second-order valence-electron chi connectivity index (χ2n) is 6.12. The third-order valence-corrected chi connectivity index (χ3v) is 5.65. The number of hydrogen-bond acceptors (Lipinski definition) is 8. The Morgan fingerprint density at radius 1 is 1.17 bits per heavy atom. The molecule has 0 saturated carbocycles. The molecule has 30 heavy (non-hydrogen) atoms. The number of hydrogen-bond donors (Lipinski definition) is 3. The third kappa shape index (κ3) is 5.42. The molecule has 0 radical (unpaired) electrons. The van der Waals surface area contributed by atoms with Gasteiger partial charge in [0.2, 0.25) is 5.95 Å². The van der Waals surface area contributed by atoms with Gasteiger partial charge in [-0.05, 0) is 43.5 Å². The van der Waals surface area contributed by atoms with E-state index in [1.54, 1.807) is 13.0 Å². The summed E-state index contributed by atoms with van der Waals surface area (Å²) < 4.78 is 27.2. The van der Waals surface area contributed by atoms with E-state index in [9.17, 15) is 18.0 Å². The number of carbonyl (C=O) groups excluding carboxylic acids is 1. The van der Waals surface area contributed by atoms with Crippen molar-refractivity contribution in [2.24, 2.45) is 0 Å². The molecule has 0 fully saturated rings. The first-order chi connectivity index (χ1) is 14.3. The number of benzene rings is 1. The number of anilines is 2. The van der Waals surface area contributed by atoms with Crippen molar-refractivity contribution in [3.8, 4) is 0 Å². The van der Waals surface area contributed by atoms with Gasteiger partial charge in [-0.3, -0.25) is 9.59 Å². The van der Waals surface area contributed by atoms with Crippen molar-refractivity contribution in [1.29, 1.82) is 0 Å². The van der Waals surface area contributed by atoms with E-state index in [0.29, 0.717) is 23.0 Å². The molecule has 0 spiro atoms. The van der Waals surface area contributed by atoms with Crippen molar-refractivity contribution in [3.05, 3.63) is 70.2 Å². The number of aromatic amines is 1. The first kappa shape index (κ1) is 21.5. The van der Waals surface area contributed by atoms with Crippen LogP contribution >= 0.6 is 11.8 Å². The van der Waals surface area contributed by atoms with Gasteiger partial charge >= 0.3 is 0 Å². The molecular weight excluding hydrogens is 428 g/mol. The Hall–Kier alpha value is -3.25. The van der Waals surface area contributed by atoms with Gasteiger partial charge in [0.1, 0.15) is 11.5 Å². The number of thioether (sulfide) groups is 1. The number of sulfonamides is 1. The van der Waals surface area contributed by atoms with Crippen molar-refractivity contribution in [1.82, 2.24) is 19.9 Å². The number of aromatic nitrogens is 4. The number of nitrogens with zero attached hydrogens (tertiary/aromatic N) is 3. The summed E-state index contributed by atoms with van der Waals surface area (Å²) in [5.74, 6) is 0.241. The predicted molar refractivity (Wildman–Crippen MR) is 114 cm³/mol. The molecule has 0 atom stereocenters. The van der Waals surface area contributed by atoms with E-state index in [1.165, 1.54) is 42.2 Å². The molecule has 0 bridgehead atoms. The molecule has 156 valence electrons. The highest BCUT2D eigenvalue weighted by atomic mass is 32.2. The summed E-state index contributed by atoms with van der Waals surface area (Å²) in [5.41, 5.74) is 0.511. The fourth-order valence-electron chi connectivity index (χ4n) is 2.42. The maximum Gasteiger partial charge on any atom is 0.274 e. The molecule has 3 N–H and O–H groups in total. The van der Waals surface area contributed by atoms with Crippen LogP contribution in [-0.2, 0) is 15.8 Å². The van der Waals surface area contributed by atoms with E-state index >= 15 is 0 Å². The van der Waals surface area contributed by atoms with E-state index in [2.05, 4.69) is 30.0 Å². The Kier molecular flexibility index (Phi) is 6.47. The zero-order valence-corrected chi connectivity index (χ0v) is 17.7. The van der Waals surface area contributed by atoms with Crippen molar-refractivity contribution >= 4 is 39.3 Å². The molecule has 0 unspecified atom stereocenters. The second kappa shape index (κ2) is 9.05. The lowest BCUT2D eigenvalue weighted by molar-refractivity contribution is 0.102. The molecule has 0 saturated heterocycles. The molecule has 1 amide bonds. The molecular formula is C18H18N6O4S2. The lowest BCUT2D eigenvalue weighted by Crippen LogP contribution is -2.20. The van der Waals surface area contributed by atoms with Gasteiger partial charge in [-0.2, -0.15) is 11.8 Å². The molecule has 2 heterocycles. The Morgan fingerprint density at radius 3 is 2.57 bits per heavy atom. The normalized spacial score (nSPS) is 11.1. The number of nitrogens with one attached hydrogen (secondary N) is 3. The quantitative estimate of drug-likeness (QED) is 0.498. The molecule has 3 aromatic rings. The summed E-state index contributed by atoms with van der Waals surface area (Å²) in [5, 5.41) is 2.59. The highest BCUT2D eigenvalue weighted by Crippen LogP contribution is 2.17. The number of rotatable bonds is 7. The van der Waals surface area contributed by atoms with Crippen molar-refractivity contribution in [2.45, 2.75) is 17.6 Å². The van der Waals surface area contributed by atoms with E-state index in [-0.39, 0.29) is 16.5 Å². The van der Waals surface area contributed by atoms with Crippen LogP contribution in [0.4, 0.5) is 11.6 Å². The zero-order valence-electron chi connectivity index (χ0n) is 16.0. The van der Waals surface area contributed by atoms with Crippen LogP contribution in [0.1, 0.15) is 22.0 Å². The first-order valence-corrected chi connectivity index (χ1v) is 11.5. The number of carbonyl (C=O) groups is 1. The third-order valence-electron chi connectivity index (χ3n) is 3.75. The largest absolute Gasteiger partial charge is 0.321 e. The second-order valence-corrected chi connectivity index (χ2v) is 8.66. The summed E-state index contributed by atoms with van der Waals surface area (Å²) in [6, 6.07) is 8.27. The number of H-pyrrole nitrogens is 1. The van der Waals surface area contributed by atoms with Crippen molar-refractivity contribution in [2.75, 3.05) is 16.3 Å². The van der Waals surface area contributed by atoms with Crippen LogP contribution in [0, 0.1) is 6.92 Å². The summed E-state index contributed by atoms with van der Waals surface area (Å²) in [4.78, 5) is 38.6. The zero-order chi connectivity index (χ0) is 21.7. The lowest BCUT2D eigenvalue weighted by atomic mass is 10.3. The van der Waals surface area contributed by atoms with Crippen LogP contribution in [0.25, 0.3) is 0 Å². The monoisotopic (exact) mass is 446 g/mol. The van der Waals surface area contributed by atoms with E-state index < -0.39 is 21.5 Å². The van der Waals surface area contributed by atoms with E-state index in [0.717, 1.165) is 6.07 Å². The molecule has 0 aliphatic rings. The fraction of sp³-hybridized carbons (Fsp3) is 0.167. The van der Waals surface area contributed by atoms with Crippen LogP contribution in [0.5, 0.6) is 0 Å². The van der Waals surface area contributed by atoms with E-state index in [4.69, 9.17) is 0 Å². The van der Waals surface area contributed by atoms with Gasteiger partial charge in [-0.25, -0.2) is 28.1 Å². The molecule has 0 aliphatic heterocycles. The lowest BCUT2D eigenvalue weighted by Gasteiger charge is -2.09. The van der Waals surface area contributed by atoms with Gasteiger partial charge in [0.25, 0.3) is 21.5 Å². The minimum absolute atomic E-state index is 0.0258. The summed E-state index contributed by atoms with van der Waals surface area (Å²) in [6.07, 6.45) is 3.30. The van der Waals surface area contributed by atoms with Crippen molar-refractivity contribution < 1.29 is 13.2 Å². The number of aryl methyl sites for hydroxylation is 1. The first-order valence-electron chi connectivity index (χ1n) is 8.60. The average Bonchev–Trinajstić information content (AvgIpc) is 2.68. The minimum Gasteiger partial charge on any atom is -0.321 e. The van der Waals surface area contributed by atoms with Gasteiger partial charge in [0.15, 0.2) is 0 Å². The summed E-state index contributed by atoms with van der Waals surface area (Å²) in [7, 11) is -3.89. The molecule has 12 heteroatoms. The smallest absolute Gasteiger partial charge is 0.274 e. The van der Waals surface area contributed by atoms with Crippen LogP contribution in [0.15, 0.2) is 52.3 Å². The SMILES string of the molecule is CSCc1nc(C(=O)Nc2ccc(S(=O)(=O)Nc3nccc(C)n3)cc2)cc(=O)[nH]1. The Bertz CT molecular complexity index is 1230. The maximum atomic E-state index is 12.5. The minimum atomic E-state index is -3.89. The maximum absolute atomic E-state index is 12.5. The summed E-state index contributed by atoms with van der Waals surface area (Å²) >= 11 is 1.46. The van der Waals surface area contributed by atoms with E-state index in [1.807, 2.05) is 6.26 Å². The predicted octanol–water partition coefficient (Wildman–Crippen LogP) is 1.78. The molecule has 1 aromatic carbocycles. The molecule has 10 nitrogen and oxygen atoms in total. The topological polar surface area (TPSA) is 147 Å². The Balaban J connectivity index is 1.74. The number of amides is 1. The van der Waals surface area contributed by atoms with Crippen LogP contribution in [-0.4, -0.2) is 40.5 Å². The van der Waals surface area contributed by atoms with Crippen molar-refractivity contribution in [3.63, 3.8) is 0 Å².